The number of rotatable bonds is 4. The Balaban J connectivity index is 1.44. The van der Waals surface area contributed by atoms with E-state index in [1.165, 1.54) is 0 Å². The van der Waals surface area contributed by atoms with Crippen molar-refractivity contribution in [3.63, 3.8) is 0 Å². The van der Waals surface area contributed by atoms with Crippen LogP contribution in [-0.4, -0.2) is 66.2 Å². The van der Waals surface area contributed by atoms with E-state index in [-0.39, 0.29) is 11.8 Å². The first-order valence-electron chi connectivity index (χ1n) is 9.78. The number of carbonyl (C=O) groups is 2. The number of nitrogens with zero attached hydrogens (tertiary/aromatic N) is 2. The Bertz CT molecular complexity index is 708. The number of hydrogen-bond donors (Lipinski definition) is 1. The lowest BCUT2D eigenvalue weighted by Crippen LogP contribution is -2.44. The number of ether oxygens (including phenoxy) is 2. The first-order chi connectivity index (χ1) is 13.1. The van der Waals surface area contributed by atoms with Gasteiger partial charge in [0.1, 0.15) is 19.3 Å². The monoisotopic (exact) mass is 374 g/mol. The maximum absolute atomic E-state index is 12.6. The summed E-state index contributed by atoms with van der Waals surface area (Å²) in [6.45, 7) is 3.93. The Hall–Kier alpha value is -2.28. The van der Waals surface area contributed by atoms with Crippen LogP contribution in [-0.2, 0) is 9.59 Å². The van der Waals surface area contributed by atoms with Crippen LogP contribution in [0.25, 0.3) is 0 Å². The Labute approximate surface area is 158 Å². The van der Waals surface area contributed by atoms with Crippen molar-refractivity contribution in [1.29, 1.82) is 0 Å². The van der Waals surface area contributed by atoms with Gasteiger partial charge in [-0.05, 0) is 43.4 Å². The Morgan fingerprint density at radius 2 is 1.67 bits per heavy atom. The molecule has 1 atom stereocenters. The van der Waals surface area contributed by atoms with Crippen LogP contribution in [0.2, 0.25) is 0 Å². The average molecular weight is 374 g/mol. The molecule has 3 aliphatic rings. The number of carboxylic acid groups (broad SMARTS) is 1. The van der Waals surface area contributed by atoms with Gasteiger partial charge in [0.25, 0.3) is 0 Å². The largest absolute Gasteiger partial charge is 0.486 e. The molecule has 4 rings (SSSR count). The maximum atomic E-state index is 12.6. The van der Waals surface area contributed by atoms with E-state index >= 15 is 0 Å². The molecular formula is C20H26N2O5. The molecule has 0 spiro atoms. The molecule has 0 radical (unpaired) electrons. The van der Waals surface area contributed by atoms with Crippen LogP contribution in [0, 0.1) is 5.92 Å². The lowest BCUT2D eigenvalue weighted by atomic mass is 9.93. The zero-order valence-corrected chi connectivity index (χ0v) is 15.4. The third-order valence-electron chi connectivity index (χ3n) is 5.78. The minimum Gasteiger partial charge on any atom is -0.486 e. The van der Waals surface area contributed by atoms with Gasteiger partial charge in [-0.3, -0.25) is 14.5 Å². The van der Waals surface area contributed by atoms with Gasteiger partial charge in [0.05, 0.1) is 0 Å². The summed E-state index contributed by atoms with van der Waals surface area (Å²) >= 11 is 0. The van der Waals surface area contributed by atoms with Crippen LogP contribution in [0.3, 0.4) is 0 Å². The van der Waals surface area contributed by atoms with Crippen molar-refractivity contribution in [2.45, 2.75) is 31.7 Å². The SMILES string of the molecule is O=C(O)[C@@H](c1ccc2c(c1)OCCO2)N1CCC(C(=O)N2CCCC2)CC1. The Morgan fingerprint density at radius 3 is 2.33 bits per heavy atom. The van der Waals surface area contributed by atoms with Gasteiger partial charge in [0.15, 0.2) is 11.5 Å². The maximum Gasteiger partial charge on any atom is 0.325 e. The summed E-state index contributed by atoms with van der Waals surface area (Å²) in [6, 6.07) is 4.62. The molecule has 2 fully saturated rings. The average Bonchev–Trinajstić information content (AvgIpc) is 3.22. The van der Waals surface area contributed by atoms with Gasteiger partial charge in [-0.15, -0.1) is 0 Å². The molecule has 0 aromatic heterocycles. The topological polar surface area (TPSA) is 79.3 Å². The normalized spacial score (nSPS) is 21.9. The van der Waals surface area contributed by atoms with Gasteiger partial charge in [-0.25, -0.2) is 0 Å². The molecule has 0 bridgehead atoms. The second kappa shape index (κ2) is 7.76. The zero-order chi connectivity index (χ0) is 18.8. The van der Waals surface area contributed by atoms with Gasteiger partial charge in [-0.2, -0.15) is 0 Å². The first-order valence-corrected chi connectivity index (χ1v) is 9.78. The number of likely N-dealkylation sites (tertiary alicyclic amines) is 2. The van der Waals surface area contributed by atoms with Crippen LogP contribution in [0.15, 0.2) is 18.2 Å². The van der Waals surface area contributed by atoms with Crippen LogP contribution in [0.1, 0.15) is 37.3 Å². The molecule has 1 N–H and O–H groups in total. The van der Waals surface area contributed by atoms with E-state index in [1.807, 2.05) is 9.80 Å². The minimum atomic E-state index is -0.879. The third kappa shape index (κ3) is 3.74. The highest BCUT2D eigenvalue weighted by atomic mass is 16.6. The quantitative estimate of drug-likeness (QED) is 0.867. The molecule has 2 saturated heterocycles. The molecule has 7 heteroatoms. The van der Waals surface area contributed by atoms with E-state index in [1.54, 1.807) is 18.2 Å². The zero-order valence-electron chi connectivity index (χ0n) is 15.4. The summed E-state index contributed by atoms with van der Waals surface area (Å²) in [4.78, 5) is 28.5. The van der Waals surface area contributed by atoms with Crippen molar-refractivity contribution >= 4 is 11.9 Å². The first kappa shape index (κ1) is 18.1. The van der Waals surface area contributed by atoms with E-state index in [9.17, 15) is 14.7 Å². The van der Waals surface area contributed by atoms with Crippen LogP contribution >= 0.6 is 0 Å². The highest BCUT2D eigenvalue weighted by molar-refractivity contribution is 5.79. The Morgan fingerprint density at radius 1 is 1.00 bits per heavy atom. The molecule has 27 heavy (non-hydrogen) atoms. The number of amides is 1. The molecule has 1 aromatic rings. The number of fused-ring (bicyclic) bond motifs is 1. The van der Waals surface area contributed by atoms with Gasteiger partial charge in [0, 0.05) is 32.1 Å². The molecule has 7 nitrogen and oxygen atoms in total. The number of aliphatic carboxylic acids is 1. The van der Waals surface area contributed by atoms with E-state index in [2.05, 4.69) is 0 Å². The van der Waals surface area contributed by atoms with Crippen molar-refractivity contribution in [3.05, 3.63) is 23.8 Å². The van der Waals surface area contributed by atoms with Crippen molar-refractivity contribution in [2.75, 3.05) is 39.4 Å². The van der Waals surface area contributed by atoms with Gasteiger partial charge < -0.3 is 19.5 Å². The molecule has 0 unspecified atom stereocenters. The number of carboxylic acids is 1. The predicted molar refractivity (Wildman–Crippen MR) is 97.9 cm³/mol. The molecule has 1 aromatic carbocycles. The van der Waals surface area contributed by atoms with E-state index < -0.39 is 12.0 Å². The summed E-state index contributed by atoms with van der Waals surface area (Å²) in [6.07, 6.45) is 3.61. The summed E-state index contributed by atoms with van der Waals surface area (Å²) in [5.41, 5.74) is 0.691. The van der Waals surface area contributed by atoms with Crippen molar-refractivity contribution in [1.82, 2.24) is 9.80 Å². The molecule has 146 valence electrons. The smallest absolute Gasteiger partial charge is 0.325 e. The molecular weight excluding hydrogens is 348 g/mol. The van der Waals surface area contributed by atoms with Crippen molar-refractivity contribution in [3.8, 4) is 11.5 Å². The highest BCUT2D eigenvalue weighted by Crippen LogP contribution is 2.35. The molecule has 0 aliphatic carbocycles. The van der Waals surface area contributed by atoms with Gasteiger partial charge in [0.2, 0.25) is 5.91 Å². The van der Waals surface area contributed by atoms with Crippen molar-refractivity contribution in [2.24, 2.45) is 5.92 Å². The standard InChI is InChI=1S/C20H26N2O5/c23-19(22-7-1-2-8-22)14-5-9-21(10-6-14)18(20(24)25)15-3-4-16-17(13-15)27-12-11-26-16/h3-4,13-14,18H,1-2,5-12H2,(H,24,25)/t18-/m1/s1. The molecule has 1 amide bonds. The minimum absolute atomic E-state index is 0.0223. The van der Waals surface area contributed by atoms with E-state index in [4.69, 9.17) is 9.47 Å². The van der Waals surface area contributed by atoms with Crippen molar-refractivity contribution < 1.29 is 24.2 Å². The molecule has 0 saturated carbocycles. The van der Waals surface area contributed by atoms with Gasteiger partial charge in [-0.1, -0.05) is 6.07 Å². The fraction of sp³-hybridized carbons (Fsp3) is 0.600. The molecule has 3 aliphatic heterocycles. The summed E-state index contributed by atoms with van der Waals surface area (Å²) < 4.78 is 11.1. The highest BCUT2D eigenvalue weighted by Gasteiger charge is 2.35. The van der Waals surface area contributed by atoms with Crippen LogP contribution in [0.5, 0.6) is 11.5 Å². The summed E-state index contributed by atoms with van der Waals surface area (Å²) in [5, 5.41) is 9.84. The second-order valence-corrected chi connectivity index (χ2v) is 7.49. The van der Waals surface area contributed by atoms with Crippen LogP contribution in [0.4, 0.5) is 0 Å². The predicted octanol–water partition coefficient (Wildman–Crippen LogP) is 1.92. The van der Waals surface area contributed by atoms with E-state index in [0.29, 0.717) is 56.2 Å². The third-order valence-corrected chi connectivity index (χ3v) is 5.78. The number of carbonyl (C=O) groups excluding carboxylic acids is 1. The molecule has 3 heterocycles. The summed E-state index contributed by atoms with van der Waals surface area (Å²) in [5.74, 6) is 0.650. The number of benzene rings is 1. The second-order valence-electron chi connectivity index (χ2n) is 7.49. The number of piperidine rings is 1. The fourth-order valence-corrected chi connectivity index (χ4v) is 4.34. The van der Waals surface area contributed by atoms with Crippen LogP contribution < -0.4 is 9.47 Å². The fourth-order valence-electron chi connectivity index (χ4n) is 4.34. The summed E-state index contributed by atoms with van der Waals surface area (Å²) in [7, 11) is 0. The van der Waals surface area contributed by atoms with Gasteiger partial charge >= 0.3 is 5.97 Å². The number of hydrogen-bond acceptors (Lipinski definition) is 5. The van der Waals surface area contributed by atoms with E-state index in [0.717, 1.165) is 25.9 Å². The Kier molecular flexibility index (Phi) is 5.20. The lowest BCUT2D eigenvalue weighted by Gasteiger charge is -2.36. The lowest BCUT2D eigenvalue weighted by molar-refractivity contribution is -0.144.